The van der Waals surface area contributed by atoms with Crippen LogP contribution in [-0.4, -0.2) is 6.04 Å². The van der Waals surface area contributed by atoms with Gasteiger partial charge in [-0.3, -0.25) is 0 Å². The highest BCUT2D eigenvalue weighted by atomic mass is 14.6. The van der Waals surface area contributed by atoms with E-state index >= 15 is 0 Å². The molecule has 2 rings (SSSR count). The molecule has 2 aromatic carbocycles. The monoisotopic (exact) mass is 287 g/mol. The Labute approximate surface area is 130 Å². The molecule has 0 heterocycles. The van der Waals surface area contributed by atoms with E-state index < -0.39 is 6.04 Å². The average Bonchev–Trinajstić information content (AvgIpc) is 2.56. The fourth-order valence-corrected chi connectivity index (χ4v) is 2.31. The number of nitrogens with zero attached hydrogens (tertiary/aromatic N) is 2. The smallest absolute Gasteiger partial charge is 0.0991 e. The number of benzene rings is 2. The first kappa shape index (κ1) is 15.5. The van der Waals surface area contributed by atoms with Gasteiger partial charge in [0.25, 0.3) is 0 Å². The van der Waals surface area contributed by atoms with Gasteiger partial charge in [-0.15, -0.1) is 0 Å². The standard InChI is InChI=1S/C19H17N3/c1-2-3-16-10-17(8-9-18(16)11-19(22)13-21)15-6-4-14(12-20)5-7-15/h2-10,19H,11,22H2,1H3/b3-2+/t19-/m0/s1. The number of hydrogen-bond acceptors (Lipinski definition) is 3. The summed E-state index contributed by atoms with van der Waals surface area (Å²) in [4.78, 5) is 0. The van der Waals surface area contributed by atoms with Gasteiger partial charge in [-0.1, -0.05) is 36.4 Å². The van der Waals surface area contributed by atoms with Gasteiger partial charge >= 0.3 is 0 Å². The summed E-state index contributed by atoms with van der Waals surface area (Å²) in [5.74, 6) is 0. The van der Waals surface area contributed by atoms with Crippen LogP contribution in [0.25, 0.3) is 17.2 Å². The van der Waals surface area contributed by atoms with Crippen molar-refractivity contribution in [2.24, 2.45) is 5.73 Å². The summed E-state index contributed by atoms with van der Waals surface area (Å²) in [5, 5.41) is 17.7. The Kier molecular flexibility index (Phi) is 5.09. The topological polar surface area (TPSA) is 73.6 Å². The average molecular weight is 287 g/mol. The fourth-order valence-electron chi connectivity index (χ4n) is 2.31. The Morgan fingerprint density at radius 3 is 2.36 bits per heavy atom. The van der Waals surface area contributed by atoms with Crippen LogP contribution >= 0.6 is 0 Å². The maximum Gasteiger partial charge on any atom is 0.0991 e. The zero-order valence-corrected chi connectivity index (χ0v) is 12.5. The van der Waals surface area contributed by atoms with Crippen molar-refractivity contribution in [3.8, 4) is 23.3 Å². The molecule has 0 radical (unpaired) electrons. The first-order valence-electron chi connectivity index (χ1n) is 7.09. The molecular formula is C19H17N3. The number of rotatable bonds is 4. The quantitative estimate of drug-likeness (QED) is 0.932. The molecule has 22 heavy (non-hydrogen) atoms. The second-order valence-electron chi connectivity index (χ2n) is 5.04. The van der Waals surface area contributed by atoms with E-state index in [-0.39, 0.29) is 0 Å². The van der Waals surface area contributed by atoms with E-state index in [1.54, 1.807) is 0 Å². The van der Waals surface area contributed by atoms with Gasteiger partial charge in [0, 0.05) is 6.42 Å². The van der Waals surface area contributed by atoms with Crippen LogP contribution in [0.1, 0.15) is 23.6 Å². The lowest BCUT2D eigenvalue weighted by Crippen LogP contribution is -2.20. The van der Waals surface area contributed by atoms with Crippen LogP contribution in [0.3, 0.4) is 0 Å². The first-order valence-corrected chi connectivity index (χ1v) is 7.09. The van der Waals surface area contributed by atoms with Crippen LogP contribution in [-0.2, 0) is 6.42 Å². The molecule has 0 amide bonds. The van der Waals surface area contributed by atoms with E-state index in [1.165, 1.54) is 0 Å². The lowest BCUT2D eigenvalue weighted by Gasteiger charge is -2.10. The molecule has 0 fully saturated rings. The van der Waals surface area contributed by atoms with Crippen LogP contribution in [0.5, 0.6) is 0 Å². The van der Waals surface area contributed by atoms with Crippen molar-refractivity contribution >= 4 is 6.08 Å². The molecule has 0 bridgehead atoms. The highest BCUT2D eigenvalue weighted by Crippen LogP contribution is 2.24. The summed E-state index contributed by atoms with van der Waals surface area (Å²) in [6.45, 7) is 1.96. The highest BCUT2D eigenvalue weighted by Gasteiger charge is 2.08. The third-order valence-corrected chi connectivity index (χ3v) is 3.45. The summed E-state index contributed by atoms with van der Waals surface area (Å²) in [6, 6.07) is 17.3. The maximum absolute atomic E-state index is 8.88. The molecular weight excluding hydrogens is 270 g/mol. The van der Waals surface area contributed by atoms with E-state index in [0.29, 0.717) is 12.0 Å². The van der Waals surface area contributed by atoms with E-state index in [0.717, 1.165) is 22.3 Å². The zero-order chi connectivity index (χ0) is 15.9. The van der Waals surface area contributed by atoms with E-state index in [1.807, 2.05) is 55.5 Å². The number of allylic oxidation sites excluding steroid dienone is 1. The molecule has 0 aliphatic heterocycles. The van der Waals surface area contributed by atoms with Crippen LogP contribution in [0.15, 0.2) is 48.5 Å². The Morgan fingerprint density at radius 1 is 1.09 bits per heavy atom. The second kappa shape index (κ2) is 7.22. The van der Waals surface area contributed by atoms with Crippen LogP contribution in [0.4, 0.5) is 0 Å². The molecule has 0 spiro atoms. The largest absolute Gasteiger partial charge is 0.316 e. The van der Waals surface area contributed by atoms with E-state index in [4.69, 9.17) is 16.3 Å². The third kappa shape index (κ3) is 3.61. The second-order valence-corrected chi connectivity index (χ2v) is 5.04. The summed E-state index contributed by atoms with van der Waals surface area (Å²) in [5.41, 5.74) is 10.6. The molecule has 3 nitrogen and oxygen atoms in total. The molecule has 0 saturated heterocycles. The Morgan fingerprint density at radius 2 is 1.77 bits per heavy atom. The lowest BCUT2D eigenvalue weighted by molar-refractivity contribution is 0.822. The number of nitrogens with two attached hydrogens (primary N) is 1. The maximum atomic E-state index is 8.88. The van der Waals surface area contributed by atoms with Crippen molar-refractivity contribution in [2.75, 3.05) is 0 Å². The third-order valence-electron chi connectivity index (χ3n) is 3.45. The van der Waals surface area contributed by atoms with Crippen molar-refractivity contribution in [3.05, 3.63) is 65.2 Å². The van der Waals surface area contributed by atoms with Gasteiger partial charge in [-0.25, -0.2) is 0 Å². The molecule has 0 aliphatic carbocycles. The Hall–Kier alpha value is -2.88. The van der Waals surface area contributed by atoms with Crippen LogP contribution in [0, 0.1) is 22.7 Å². The summed E-state index contributed by atoms with van der Waals surface area (Å²) < 4.78 is 0. The minimum Gasteiger partial charge on any atom is -0.316 e. The van der Waals surface area contributed by atoms with Gasteiger partial charge in [-0.2, -0.15) is 10.5 Å². The highest BCUT2D eigenvalue weighted by molar-refractivity contribution is 5.69. The zero-order valence-electron chi connectivity index (χ0n) is 12.5. The minimum absolute atomic E-state index is 0.496. The Bertz CT molecular complexity index is 759. The van der Waals surface area contributed by atoms with Crippen molar-refractivity contribution in [1.29, 1.82) is 10.5 Å². The van der Waals surface area contributed by atoms with Crippen molar-refractivity contribution < 1.29 is 0 Å². The molecule has 0 unspecified atom stereocenters. The van der Waals surface area contributed by atoms with E-state index in [9.17, 15) is 0 Å². The van der Waals surface area contributed by atoms with Gasteiger partial charge in [0.05, 0.1) is 23.7 Å². The lowest BCUT2D eigenvalue weighted by atomic mass is 9.95. The molecule has 2 aromatic rings. The van der Waals surface area contributed by atoms with Gasteiger partial charge < -0.3 is 5.73 Å². The predicted octanol–water partition coefficient (Wildman–Crippen LogP) is 3.65. The normalized spacial score (nSPS) is 11.8. The number of nitriles is 2. The van der Waals surface area contributed by atoms with Gasteiger partial charge in [0.2, 0.25) is 0 Å². The van der Waals surface area contributed by atoms with Gasteiger partial charge in [0.1, 0.15) is 0 Å². The minimum atomic E-state index is -0.496. The molecule has 0 aliphatic rings. The van der Waals surface area contributed by atoms with Crippen LogP contribution < -0.4 is 5.73 Å². The molecule has 0 aromatic heterocycles. The summed E-state index contributed by atoms with van der Waals surface area (Å²) in [7, 11) is 0. The SMILES string of the molecule is C/C=C/c1cc(-c2ccc(C#N)cc2)ccc1C[C@H](N)C#N. The predicted molar refractivity (Wildman–Crippen MR) is 88.6 cm³/mol. The molecule has 0 saturated carbocycles. The Balaban J connectivity index is 2.40. The number of hydrogen-bond donors (Lipinski definition) is 1. The molecule has 3 heteroatoms. The van der Waals surface area contributed by atoms with Crippen molar-refractivity contribution in [2.45, 2.75) is 19.4 Å². The van der Waals surface area contributed by atoms with Crippen LogP contribution in [0.2, 0.25) is 0 Å². The fraction of sp³-hybridized carbons (Fsp3) is 0.158. The summed E-state index contributed by atoms with van der Waals surface area (Å²) >= 11 is 0. The van der Waals surface area contributed by atoms with Crippen molar-refractivity contribution in [1.82, 2.24) is 0 Å². The molecule has 1 atom stereocenters. The molecule has 108 valence electrons. The van der Waals surface area contributed by atoms with E-state index in [2.05, 4.69) is 18.2 Å². The molecule has 2 N–H and O–H groups in total. The van der Waals surface area contributed by atoms with Gasteiger partial charge in [-0.05, 0) is 47.4 Å². The first-order chi connectivity index (χ1) is 10.7. The van der Waals surface area contributed by atoms with Crippen molar-refractivity contribution in [3.63, 3.8) is 0 Å². The van der Waals surface area contributed by atoms with Gasteiger partial charge in [0.15, 0.2) is 0 Å². The summed E-state index contributed by atoms with van der Waals surface area (Å²) in [6.07, 6.45) is 4.52.